The van der Waals surface area contributed by atoms with Gasteiger partial charge in [0.05, 0.1) is 11.0 Å². The van der Waals surface area contributed by atoms with E-state index in [9.17, 15) is 0 Å². The number of aromatic nitrogens is 5. The predicted molar refractivity (Wildman–Crippen MR) is 254 cm³/mol. The minimum atomic E-state index is 0.580. The molecular formula is C56H33N5O2. The molecule has 0 fully saturated rings. The second-order valence-corrected chi connectivity index (χ2v) is 15.8. The molecule has 0 atom stereocenters. The van der Waals surface area contributed by atoms with Gasteiger partial charge in [0.15, 0.2) is 23.1 Å². The van der Waals surface area contributed by atoms with Gasteiger partial charge in [-0.05, 0) is 71.1 Å². The van der Waals surface area contributed by atoms with E-state index >= 15 is 0 Å². The maximum Gasteiger partial charge on any atom is 0.227 e. The fraction of sp³-hybridized carbons (Fsp3) is 0. The highest BCUT2D eigenvalue weighted by molar-refractivity contribution is 6.22. The van der Waals surface area contributed by atoms with Crippen molar-refractivity contribution in [2.75, 3.05) is 0 Å². The zero-order valence-electron chi connectivity index (χ0n) is 33.6. The van der Waals surface area contributed by atoms with E-state index in [0.717, 1.165) is 99.3 Å². The van der Waals surface area contributed by atoms with Crippen LogP contribution in [0, 0.1) is 0 Å². The fourth-order valence-corrected chi connectivity index (χ4v) is 9.17. The minimum absolute atomic E-state index is 0.580. The van der Waals surface area contributed by atoms with Crippen molar-refractivity contribution in [2.45, 2.75) is 0 Å². The fourth-order valence-electron chi connectivity index (χ4n) is 9.17. The van der Waals surface area contributed by atoms with Crippen molar-refractivity contribution < 1.29 is 8.83 Å². The van der Waals surface area contributed by atoms with E-state index in [2.05, 4.69) is 114 Å². The molecule has 13 aromatic rings. The maximum absolute atomic E-state index is 6.72. The molecular weight excluding hydrogens is 775 g/mol. The smallest absolute Gasteiger partial charge is 0.227 e. The van der Waals surface area contributed by atoms with Gasteiger partial charge in [0, 0.05) is 54.9 Å². The molecule has 0 aliphatic heterocycles. The van der Waals surface area contributed by atoms with Crippen LogP contribution in [-0.2, 0) is 0 Å². The molecule has 0 aliphatic rings. The molecule has 294 valence electrons. The first-order valence-corrected chi connectivity index (χ1v) is 21.0. The van der Waals surface area contributed by atoms with Crippen molar-refractivity contribution in [1.29, 1.82) is 0 Å². The second-order valence-electron chi connectivity index (χ2n) is 15.8. The molecule has 4 aromatic heterocycles. The topological polar surface area (TPSA) is 82.8 Å². The van der Waals surface area contributed by atoms with E-state index in [1.54, 1.807) is 0 Å². The standard InChI is InChI=1S/C56H33N5O2/c1-3-15-35(16-4-1)53-58-54(60-55(59-53)45-25-13-27-48-49(45)44-24-9-10-26-47(44)62-48)39-21-11-19-37(32-39)38-20-12-22-40(33-38)61-50-41-23-8-7-14-34(41)28-29-42(50)43-30-31-46-52(51(43)61)63-56(57-46)36-17-5-2-6-18-36/h1-33H. The van der Waals surface area contributed by atoms with E-state index in [4.69, 9.17) is 28.8 Å². The lowest BCUT2D eigenvalue weighted by Crippen LogP contribution is -2.00. The predicted octanol–water partition coefficient (Wildman–Crippen LogP) is 14.5. The molecule has 7 heteroatoms. The molecule has 0 aliphatic carbocycles. The van der Waals surface area contributed by atoms with Crippen LogP contribution >= 0.6 is 0 Å². The van der Waals surface area contributed by atoms with Crippen molar-refractivity contribution in [3.8, 4) is 62.4 Å². The molecule has 0 spiro atoms. The van der Waals surface area contributed by atoms with Gasteiger partial charge in [0.1, 0.15) is 16.7 Å². The molecule has 4 heterocycles. The third kappa shape index (κ3) is 5.67. The van der Waals surface area contributed by atoms with E-state index in [0.29, 0.717) is 23.4 Å². The lowest BCUT2D eigenvalue weighted by atomic mass is 10.0. The zero-order chi connectivity index (χ0) is 41.4. The third-order valence-electron chi connectivity index (χ3n) is 12.1. The highest BCUT2D eigenvalue weighted by Crippen LogP contribution is 2.42. The normalized spacial score (nSPS) is 11.8. The SMILES string of the molecule is c1ccc(-c2nc(-c3cccc(-c4cccc(-n5c6c7ccccc7ccc6c6ccc7nc(-c8ccccc8)oc7c65)c4)c3)nc(-c3cccc4oc5ccccc5c34)n2)cc1. The number of rotatable bonds is 6. The number of nitrogens with zero attached hydrogens (tertiary/aromatic N) is 5. The van der Waals surface area contributed by atoms with Crippen molar-refractivity contribution in [2.24, 2.45) is 0 Å². The number of furan rings is 1. The first kappa shape index (κ1) is 35.1. The Morgan fingerprint density at radius 1 is 0.365 bits per heavy atom. The summed E-state index contributed by atoms with van der Waals surface area (Å²) in [6.45, 7) is 0. The van der Waals surface area contributed by atoms with Crippen LogP contribution in [0.4, 0.5) is 0 Å². The zero-order valence-corrected chi connectivity index (χ0v) is 33.6. The number of hydrogen-bond acceptors (Lipinski definition) is 6. The number of hydrogen-bond donors (Lipinski definition) is 0. The quantitative estimate of drug-likeness (QED) is 0.166. The molecule has 0 saturated carbocycles. The Labute approximate surface area is 360 Å². The van der Waals surface area contributed by atoms with Crippen LogP contribution in [0.2, 0.25) is 0 Å². The van der Waals surface area contributed by atoms with Crippen molar-refractivity contribution in [1.82, 2.24) is 24.5 Å². The molecule has 13 rings (SSSR count). The van der Waals surface area contributed by atoms with Crippen LogP contribution < -0.4 is 0 Å². The Bertz CT molecular complexity index is 3920. The lowest BCUT2D eigenvalue weighted by Gasteiger charge is -2.13. The number of oxazole rings is 1. The molecule has 0 radical (unpaired) electrons. The highest BCUT2D eigenvalue weighted by Gasteiger charge is 2.22. The Morgan fingerprint density at radius 2 is 0.984 bits per heavy atom. The second kappa shape index (κ2) is 13.9. The molecule has 9 aromatic carbocycles. The van der Waals surface area contributed by atoms with Crippen LogP contribution in [0.1, 0.15) is 0 Å². The average molecular weight is 808 g/mol. The van der Waals surface area contributed by atoms with Gasteiger partial charge in [-0.25, -0.2) is 19.9 Å². The van der Waals surface area contributed by atoms with Crippen LogP contribution in [0.5, 0.6) is 0 Å². The maximum atomic E-state index is 6.72. The summed E-state index contributed by atoms with van der Waals surface area (Å²) in [4.78, 5) is 20.4. The summed E-state index contributed by atoms with van der Waals surface area (Å²) in [6.07, 6.45) is 0. The molecule has 0 saturated heterocycles. The van der Waals surface area contributed by atoms with Crippen LogP contribution in [0.3, 0.4) is 0 Å². The van der Waals surface area contributed by atoms with Gasteiger partial charge in [-0.3, -0.25) is 0 Å². The summed E-state index contributed by atoms with van der Waals surface area (Å²) in [5, 5.41) is 6.57. The van der Waals surface area contributed by atoms with Gasteiger partial charge in [-0.2, -0.15) is 0 Å². The Morgan fingerprint density at radius 3 is 1.84 bits per heavy atom. The van der Waals surface area contributed by atoms with E-state index < -0.39 is 0 Å². The van der Waals surface area contributed by atoms with Gasteiger partial charge < -0.3 is 13.4 Å². The van der Waals surface area contributed by atoms with E-state index in [1.807, 2.05) is 91.0 Å². The highest BCUT2D eigenvalue weighted by atomic mass is 16.3. The summed E-state index contributed by atoms with van der Waals surface area (Å²) in [6, 6.07) is 68.7. The van der Waals surface area contributed by atoms with Gasteiger partial charge >= 0.3 is 0 Å². The minimum Gasteiger partial charge on any atom is -0.456 e. The summed E-state index contributed by atoms with van der Waals surface area (Å²) >= 11 is 0. The Kier molecular flexibility index (Phi) is 7.77. The molecule has 63 heavy (non-hydrogen) atoms. The van der Waals surface area contributed by atoms with Crippen molar-refractivity contribution in [3.63, 3.8) is 0 Å². The number of para-hydroxylation sites is 1. The van der Waals surface area contributed by atoms with Gasteiger partial charge in [0.2, 0.25) is 5.89 Å². The first-order valence-electron chi connectivity index (χ1n) is 21.0. The summed E-state index contributed by atoms with van der Waals surface area (Å²) in [5.74, 6) is 2.35. The largest absolute Gasteiger partial charge is 0.456 e. The number of benzene rings is 9. The molecule has 7 nitrogen and oxygen atoms in total. The Hall–Kier alpha value is -8.68. The van der Waals surface area contributed by atoms with Crippen molar-refractivity contribution >= 4 is 65.6 Å². The van der Waals surface area contributed by atoms with Gasteiger partial charge in [-0.1, -0.05) is 146 Å². The number of fused-ring (bicyclic) bond motifs is 10. The average Bonchev–Trinajstić information content (AvgIpc) is 4.07. The van der Waals surface area contributed by atoms with E-state index in [1.165, 1.54) is 5.39 Å². The molecule has 0 unspecified atom stereocenters. The van der Waals surface area contributed by atoms with Gasteiger partial charge in [0.25, 0.3) is 0 Å². The van der Waals surface area contributed by atoms with Crippen LogP contribution in [-0.4, -0.2) is 24.5 Å². The molecule has 0 amide bonds. The van der Waals surface area contributed by atoms with Crippen LogP contribution in [0.25, 0.3) is 128 Å². The van der Waals surface area contributed by atoms with Crippen LogP contribution in [0.15, 0.2) is 209 Å². The van der Waals surface area contributed by atoms with Gasteiger partial charge in [-0.15, -0.1) is 0 Å². The monoisotopic (exact) mass is 807 g/mol. The first-order chi connectivity index (χ1) is 31.2. The summed E-state index contributed by atoms with van der Waals surface area (Å²) < 4.78 is 15.3. The summed E-state index contributed by atoms with van der Waals surface area (Å²) in [5.41, 5.74) is 12.0. The van der Waals surface area contributed by atoms with Crippen molar-refractivity contribution in [3.05, 3.63) is 200 Å². The molecule has 0 N–H and O–H groups in total. The Balaban J connectivity index is 0.993. The third-order valence-corrected chi connectivity index (χ3v) is 12.1. The summed E-state index contributed by atoms with van der Waals surface area (Å²) in [7, 11) is 0. The lowest BCUT2D eigenvalue weighted by molar-refractivity contribution is 0.622. The van der Waals surface area contributed by atoms with E-state index in [-0.39, 0.29) is 0 Å². The molecule has 0 bridgehead atoms.